The first kappa shape index (κ1) is 119. The summed E-state index contributed by atoms with van der Waals surface area (Å²) >= 11 is 0. The Morgan fingerprint density at radius 1 is 0.328 bits per heavy atom. The van der Waals surface area contributed by atoms with E-state index in [9.17, 15) is 182 Å². The minimum atomic E-state index is -2.94. The number of rotatable bonds is 37. The summed E-state index contributed by atoms with van der Waals surface area (Å²) in [4.78, 5) is 64.4. The predicted octanol–water partition coefficient (Wildman–Crippen LogP) is -18.7. The van der Waals surface area contributed by atoms with Crippen molar-refractivity contribution in [2.24, 2.45) is 11.8 Å². The van der Waals surface area contributed by atoms with E-state index in [4.69, 9.17) is 90.0 Å². The van der Waals surface area contributed by atoms with Crippen molar-refractivity contribution < 1.29 is 272 Å². The van der Waals surface area contributed by atoms with Gasteiger partial charge in [-0.1, -0.05) is 49.0 Å². The molecule has 34 N–H and O–H groups in total. The Bertz CT molecular complexity index is 3670. The molecule has 52 atom stereocenters. The Morgan fingerprint density at radius 3 is 0.971 bits per heavy atom. The number of ether oxygens (including phenoxy) is 19. The van der Waals surface area contributed by atoms with Gasteiger partial charge in [-0.25, -0.2) is 9.59 Å². The number of carbonyl (C=O) groups is 5. The van der Waals surface area contributed by atoms with Gasteiger partial charge >= 0.3 is 11.9 Å². The zero-order valence-electron chi connectivity index (χ0n) is 75.0. The summed E-state index contributed by atoms with van der Waals surface area (Å²) in [5, 5.41) is 351. The second-order valence-corrected chi connectivity index (χ2v) is 33.9. The minimum absolute atomic E-state index is 0. The zero-order valence-corrected chi connectivity index (χ0v) is 75.0. The Balaban J connectivity index is 0.00000504. The van der Waals surface area contributed by atoms with Gasteiger partial charge in [0.05, 0.1) is 90.5 Å². The largest absolute Gasteiger partial charge is 0.477 e. The fourth-order valence-electron chi connectivity index (χ4n) is 17.1. The van der Waals surface area contributed by atoms with E-state index in [-0.39, 0.29) is 7.43 Å². The molecule has 10 saturated heterocycles. The van der Waals surface area contributed by atoms with E-state index >= 15 is 0 Å². The van der Waals surface area contributed by atoms with Crippen molar-refractivity contribution in [2.45, 2.75) is 388 Å². The molecule has 0 aromatic rings. The molecule has 48 unspecified atom stereocenters. The molecule has 0 spiro atoms. The first-order chi connectivity index (χ1) is 64.1. The number of aliphatic hydroxyl groups is 29. The SMILES string of the molecule is C.CC.CC.CC(=O)NC1C(O)OC(CO)C(OC2OC(COC3OC(CO)C(O)C(O)C3OC3OC(CO)C(OC4OC(COC5(C(=O)O)CC(O)C(C)C([C@H](O)[C@H](O)CO)O5)C(O)C(O)C4O)C(O)C3NC(C)=O)C(O)C(OC3OC(CO)C(O)C(O)C3OC3OC(CO)C(OC4OC(COC5(C(=O)O)CC(O)C(C)C([C@H](O)[C@H](O)CO)O5)C(O)C(O)C4O)C(O)C3NC(C)=O)C2O)C1O. The van der Waals surface area contributed by atoms with Crippen LogP contribution in [0.4, 0.5) is 0 Å². The first-order valence-corrected chi connectivity index (χ1v) is 44.1. The zero-order chi connectivity index (χ0) is 102. The fraction of sp³-hybridized carbons (Fsp3) is 0.937. The van der Waals surface area contributed by atoms with Gasteiger partial charge < -0.3 is 264 Å². The molecule has 0 aromatic heterocycles. The van der Waals surface area contributed by atoms with Gasteiger partial charge in [0, 0.05) is 45.4 Å². The normalized spacial score (nSPS) is 46.2. The number of nitrogens with one attached hydrogen (secondary N) is 3. The number of carboxylic acids is 2. The average molecular weight is 2010 g/mol. The molecule has 0 bridgehead atoms. The highest BCUT2D eigenvalue weighted by molar-refractivity contribution is 5.77. The summed E-state index contributed by atoms with van der Waals surface area (Å²) in [5.74, 6) is -15.0. The molecule has 800 valence electrons. The van der Waals surface area contributed by atoms with Crippen molar-refractivity contribution >= 4 is 29.7 Å². The third-order valence-electron chi connectivity index (χ3n) is 24.8. The lowest BCUT2D eigenvalue weighted by Gasteiger charge is -2.51. The summed E-state index contributed by atoms with van der Waals surface area (Å²) in [6.45, 7) is 1.64. The second kappa shape index (κ2) is 52.5. The van der Waals surface area contributed by atoms with Gasteiger partial charge in [0.25, 0.3) is 11.6 Å². The van der Waals surface area contributed by atoms with Crippen LogP contribution in [0.3, 0.4) is 0 Å². The maximum Gasteiger partial charge on any atom is 0.364 e. The molecule has 10 aliphatic rings. The average Bonchev–Trinajstić information content (AvgIpc) is 0.768. The fourth-order valence-corrected chi connectivity index (χ4v) is 17.1. The highest BCUT2D eigenvalue weighted by Gasteiger charge is 2.63. The highest BCUT2D eigenvalue weighted by Crippen LogP contribution is 2.44. The predicted molar refractivity (Wildman–Crippen MR) is 435 cm³/mol. The van der Waals surface area contributed by atoms with Crippen LogP contribution < -0.4 is 16.0 Å². The van der Waals surface area contributed by atoms with Crippen LogP contribution in [0.1, 0.15) is 82.6 Å². The van der Waals surface area contributed by atoms with Crippen molar-refractivity contribution in [2.75, 3.05) is 66.1 Å². The quantitative estimate of drug-likeness (QED) is 0.0275. The van der Waals surface area contributed by atoms with E-state index in [0.29, 0.717) is 0 Å². The van der Waals surface area contributed by atoms with Gasteiger partial charge in [0.2, 0.25) is 17.7 Å². The van der Waals surface area contributed by atoms with Crippen molar-refractivity contribution in [1.29, 1.82) is 0 Å². The number of aliphatic carboxylic acids is 2. The molecule has 0 aromatic carbocycles. The van der Waals surface area contributed by atoms with Crippen molar-refractivity contribution in [3.63, 3.8) is 0 Å². The van der Waals surface area contributed by atoms with Gasteiger partial charge in [-0.05, 0) is 0 Å². The molecule has 10 heterocycles. The lowest BCUT2D eigenvalue weighted by Crippen LogP contribution is -2.70. The molecule has 58 heteroatoms. The van der Waals surface area contributed by atoms with Crippen molar-refractivity contribution in [1.82, 2.24) is 16.0 Å². The van der Waals surface area contributed by atoms with E-state index in [1.54, 1.807) is 0 Å². The minimum Gasteiger partial charge on any atom is -0.477 e. The monoisotopic (exact) mass is 2010 g/mol. The van der Waals surface area contributed by atoms with Crippen LogP contribution in [0.5, 0.6) is 0 Å². The van der Waals surface area contributed by atoms with Crippen LogP contribution >= 0.6 is 0 Å². The Labute approximate surface area is 781 Å². The molecule has 10 aliphatic heterocycles. The van der Waals surface area contributed by atoms with Crippen LogP contribution in [-0.4, -0.2) is 560 Å². The molecule has 58 nitrogen and oxygen atoms in total. The van der Waals surface area contributed by atoms with Crippen LogP contribution in [0.2, 0.25) is 0 Å². The number of hydrogen-bond donors (Lipinski definition) is 34. The van der Waals surface area contributed by atoms with E-state index in [0.717, 1.165) is 20.8 Å². The number of carbonyl (C=O) groups excluding carboxylic acids is 3. The number of amides is 3. The van der Waals surface area contributed by atoms with Gasteiger partial charge in [-0.3, -0.25) is 14.4 Å². The van der Waals surface area contributed by atoms with E-state index < -0.39 is 426 Å². The standard InChI is InChI=1S/C74H123N3O55.2C2H6.CH4/c1-18-23(88)6-73(71(110)111,131-55(18)38(92)25(90)8-78)115-16-33-42(96)48(102)52(106)66(123-33)125-58-30(13-83)120-64(36(46(58)100)76-21(4)86)129-61-50(104)40(94)27(10-80)118-69(61)114-15-32-44(98)60(54(108)68(122-32)127-57-29(12-82)117-63(109)35(45(57)99)75-20(3)85)128-70-62(51(105)41(95)28(11-81)119-70)130-65-37(77-22(5)87)47(101)59(31(14-84)121-65)126-67-53(107)49(103)43(97)34(124-67)17-116-74(72(112)113)7-24(89)19(2)56(132-74)39(93)26(91)9-79;2*1-2;/h18-19,23-70,78-84,88-109H,6-17H2,1-5H3,(H,75,85)(H,76,86)(H,77,87)(H,110,111)(H,112,113);2*1-2H3;1H4/t18?,19?,23?,24?,25-,26-,27?,28?,29?,30?,31?,32?,33?,34?,35?,36?,37?,38-,39-,40?,41?,42?,43?,44?,45?,46?,47?,48?,49?,50?,51?,52?,53?,54?,55?,56?,57?,58?,59?,60?,61?,62?,63?,64?,65?,66?,67?,68?,69?,70?,73?,74?;;;/m1.../s1. The third kappa shape index (κ3) is 26.8. The van der Waals surface area contributed by atoms with Gasteiger partial charge in [0.15, 0.2) is 50.3 Å². The van der Waals surface area contributed by atoms with Crippen LogP contribution in [0.25, 0.3) is 0 Å². The molecule has 10 rings (SSSR count). The van der Waals surface area contributed by atoms with Gasteiger partial charge in [-0.2, -0.15) is 0 Å². The molecule has 0 aliphatic carbocycles. The lowest BCUT2D eigenvalue weighted by atomic mass is 9.84. The van der Waals surface area contributed by atoms with Crippen LogP contribution in [0.15, 0.2) is 0 Å². The molecule has 3 amide bonds. The topological polar surface area (TPSA) is 924 Å². The van der Waals surface area contributed by atoms with Crippen LogP contribution in [-0.2, 0) is 114 Å². The molecule has 0 radical (unpaired) electrons. The first-order valence-electron chi connectivity index (χ1n) is 44.1. The van der Waals surface area contributed by atoms with Gasteiger partial charge in [-0.15, -0.1) is 0 Å². The van der Waals surface area contributed by atoms with Crippen molar-refractivity contribution in [3.8, 4) is 0 Å². The summed E-state index contributed by atoms with van der Waals surface area (Å²) in [7, 11) is 0. The molecule has 10 fully saturated rings. The second-order valence-electron chi connectivity index (χ2n) is 33.9. The van der Waals surface area contributed by atoms with Crippen molar-refractivity contribution in [3.05, 3.63) is 0 Å². The molecule has 0 saturated carbocycles. The molecule has 137 heavy (non-hydrogen) atoms. The molecular formula is C79H139N3O55. The van der Waals surface area contributed by atoms with E-state index in [1.165, 1.54) is 13.8 Å². The maximum absolute atomic E-state index is 13.2. The van der Waals surface area contributed by atoms with E-state index in [2.05, 4.69) is 16.0 Å². The molecular weight excluding hydrogens is 1870 g/mol. The highest BCUT2D eigenvalue weighted by atomic mass is 16.8. The smallest absolute Gasteiger partial charge is 0.364 e. The Morgan fingerprint density at radius 2 is 0.620 bits per heavy atom. The number of carboxylic acid groups (broad SMARTS) is 2. The summed E-state index contributed by atoms with van der Waals surface area (Å²) in [5.41, 5.74) is 0. The van der Waals surface area contributed by atoms with Gasteiger partial charge in [0.1, 0.15) is 220 Å². The third-order valence-corrected chi connectivity index (χ3v) is 24.8. The van der Waals surface area contributed by atoms with E-state index in [1.807, 2.05) is 27.7 Å². The summed E-state index contributed by atoms with van der Waals surface area (Å²) < 4.78 is 112. The number of hydrogen-bond acceptors (Lipinski definition) is 53. The lowest BCUT2D eigenvalue weighted by molar-refractivity contribution is -0.398. The number of aliphatic hydroxyl groups excluding tert-OH is 29. The maximum atomic E-state index is 13.2. The summed E-state index contributed by atoms with van der Waals surface area (Å²) in [6, 6.07) is -5.95. The summed E-state index contributed by atoms with van der Waals surface area (Å²) in [6.07, 6.45) is -99.2. The Hall–Kier alpha value is -4.57. The Kier molecular flexibility index (Phi) is 45.7. The van der Waals surface area contributed by atoms with Crippen LogP contribution in [0, 0.1) is 11.8 Å².